The number of rotatable bonds is 5. The lowest BCUT2D eigenvalue weighted by Crippen LogP contribution is -2.29. The summed E-state index contributed by atoms with van der Waals surface area (Å²) in [4.78, 5) is 22.9. The van der Waals surface area contributed by atoms with Crippen LogP contribution < -0.4 is 15.4 Å². The first-order chi connectivity index (χ1) is 10.5. The van der Waals surface area contributed by atoms with Gasteiger partial charge in [-0.3, -0.25) is 5.32 Å². The summed E-state index contributed by atoms with van der Waals surface area (Å²) in [6.07, 6.45) is 2.69. The molecule has 0 aliphatic heterocycles. The predicted molar refractivity (Wildman–Crippen MR) is 73.8 cm³/mol. The molecule has 0 aliphatic rings. The van der Waals surface area contributed by atoms with Crippen LogP contribution in [0.5, 0.6) is 5.88 Å². The van der Waals surface area contributed by atoms with Gasteiger partial charge in [-0.25, -0.2) is 19.7 Å². The second-order valence-corrected chi connectivity index (χ2v) is 4.28. The minimum absolute atomic E-state index is 0.0430. The molecule has 0 saturated carbocycles. The zero-order chi connectivity index (χ0) is 15.9. The summed E-state index contributed by atoms with van der Waals surface area (Å²) >= 11 is 5.66. The highest BCUT2D eigenvalue weighted by Crippen LogP contribution is 2.12. The van der Waals surface area contributed by atoms with Crippen molar-refractivity contribution < 1.29 is 18.3 Å². The van der Waals surface area contributed by atoms with Crippen molar-refractivity contribution in [3.63, 3.8) is 0 Å². The number of hydrogen-bond acceptors (Lipinski definition) is 5. The summed E-state index contributed by atoms with van der Waals surface area (Å²) in [6.45, 7) is -2.88. The first-order valence-corrected chi connectivity index (χ1v) is 6.34. The highest BCUT2D eigenvalue weighted by molar-refractivity contribution is 6.29. The van der Waals surface area contributed by atoms with E-state index < -0.39 is 12.6 Å². The average Bonchev–Trinajstić information content (AvgIpc) is 2.45. The molecule has 116 valence electrons. The van der Waals surface area contributed by atoms with Crippen LogP contribution in [0, 0.1) is 0 Å². The van der Waals surface area contributed by atoms with Crippen molar-refractivity contribution in [2.45, 2.75) is 13.2 Å². The lowest BCUT2D eigenvalue weighted by Gasteiger charge is -2.08. The molecule has 10 heteroatoms. The van der Waals surface area contributed by atoms with E-state index in [0.29, 0.717) is 5.56 Å². The summed E-state index contributed by atoms with van der Waals surface area (Å²) < 4.78 is 28.3. The van der Waals surface area contributed by atoms with Crippen molar-refractivity contribution in [1.82, 2.24) is 20.3 Å². The van der Waals surface area contributed by atoms with E-state index >= 15 is 0 Å². The normalized spacial score (nSPS) is 10.4. The van der Waals surface area contributed by atoms with Crippen molar-refractivity contribution >= 4 is 23.6 Å². The largest absolute Gasteiger partial charge is 0.417 e. The van der Waals surface area contributed by atoms with Crippen molar-refractivity contribution in [3.8, 4) is 5.88 Å². The summed E-state index contributed by atoms with van der Waals surface area (Å²) in [5, 5.41) is 5.07. The number of anilines is 1. The summed E-state index contributed by atoms with van der Waals surface area (Å²) in [5.74, 6) is -0.186. The highest BCUT2D eigenvalue weighted by atomic mass is 35.5. The van der Waals surface area contributed by atoms with Gasteiger partial charge in [-0.15, -0.1) is 0 Å². The van der Waals surface area contributed by atoms with E-state index in [1.54, 1.807) is 6.07 Å². The molecule has 0 saturated heterocycles. The van der Waals surface area contributed by atoms with E-state index in [-0.39, 0.29) is 23.5 Å². The highest BCUT2D eigenvalue weighted by Gasteiger charge is 2.08. The molecule has 7 nitrogen and oxygen atoms in total. The van der Waals surface area contributed by atoms with Gasteiger partial charge in [0.25, 0.3) is 0 Å². The number of ether oxygens (including phenoxy) is 1. The molecular weight excluding hydrogens is 320 g/mol. The van der Waals surface area contributed by atoms with E-state index in [4.69, 9.17) is 11.6 Å². The van der Waals surface area contributed by atoms with E-state index in [9.17, 15) is 13.6 Å². The molecule has 0 unspecified atom stereocenters. The first-order valence-electron chi connectivity index (χ1n) is 5.96. The van der Waals surface area contributed by atoms with Gasteiger partial charge >= 0.3 is 12.6 Å². The average molecular weight is 330 g/mol. The Bertz CT molecular complexity index is 659. The maximum absolute atomic E-state index is 12.1. The molecule has 22 heavy (non-hydrogen) atoms. The number of halogens is 3. The van der Waals surface area contributed by atoms with Crippen molar-refractivity contribution in [3.05, 3.63) is 41.3 Å². The third kappa shape index (κ3) is 5.09. The molecule has 2 aromatic rings. The number of alkyl halides is 2. The molecule has 2 rings (SSSR count). The van der Waals surface area contributed by atoms with Gasteiger partial charge in [0.1, 0.15) is 5.15 Å². The number of nitrogens with one attached hydrogen (secondary N) is 2. The monoisotopic (exact) mass is 329 g/mol. The number of pyridine rings is 1. The Labute approximate surface area is 128 Å². The van der Waals surface area contributed by atoms with E-state index in [0.717, 1.165) is 0 Å². The molecule has 0 aromatic carbocycles. The number of nitrogens with zero attached hydrogens (tertiary/aromatic N) is 3. The Hall–Kier alpha value is -2.55. The third-order valence-electron chi connectivity index (χ3n) is 2.31. The Morgan fingerprint density at radius 3 is 2.82 bits per heavy atom. The minimum atomic E-state index is -2.96. The zero-order valence-electron chi connectivity index (χ0n) is 11.0. The van der Waals surface area contributed by atoms with Crippen molar-refractivity contribution in [2.75, 3.05) is 5.32 Å². The molecule has 0 bridgehead atoms. The molecule has 0 aliphatic carbocycles. The fourth-order valence-corrected chi connectivity index (χ4v) is 1.58. The quantitative estimate of drug-likeness (QED) is 0.822. The topological polar surface area (TPSA) is 89.0 Å². The number of urea groups is 1. The molecule has 2 amide bonds. The SMILES string of the molecule is O=C(NCc1ccnc(OC(F)F)c1)Nc1nccc(Cl)n1. The smallest absolute Gasteiger partial charge is 0.388 e. The van der Waals surface area contributed by atoms with Crippen LogP contribution in [0.15, 0.2) is 30.6 Å². The number of carbonyl (C=O) groups is 1. The fourth-order valence-electron chi connectivity index (χ4n) is 1.44. The van der Waals surface area contributed by atoms with Gasteiger partial charge in [-0.2, -0.15) is 8.78 Å². The van der Waals surface area contributed by atoms with Crippen molar-refractivity contribution in [2.24, 2.45) is 0 Å². The van der Waals surface area contributed by atoms with Crippen LogP contribution in [0.3, 0.4) is 0 Å². The van der Waals surface area contributed by atoms with Crippen LogP contribution in [0.25, 0.3) is 0 Å². The second-order valence-electron chi connectivity index (χ2n) is 3.89. The Morgan fingerprint density at radius 1 is 1.32 bits per heavy atom. The summed E-state index contributed by atoms with van der Waals surface area (Å²) in [5.41, 5.74) is 0.535. The van der Waals surface area contributed by atoms with Crippen LogP contribution in [0.4, 0.5) is 19.5 Å². The maximum Gasteiger partial charge on any atom is 0.388 e. The number of hydrogen-bond donors (Lipinski definition) is 2. The number of carbonyl (C=O) groups excluding carboxylic acids is 1. The van der Waals surface area contributed by atoms with Crippen molar-refractivity contribution in [1.29, 1.82) is 0 Å². The van der Waals surface area contributed by atoms with Gasteiger partial charge in [0, 0.05) is 25.0 Å². The van der Waals surface area contributed by atoms with E-state index in [1.807, 2.05) is 0 Å². The molecule has 2 N–H and O–H groups in total. The zero-order valence-corrected chi connectivity index (χ0v) is 11.7. The van der Waals surface area contributed by atoms with Gasteiger partial charge in [-0.05, 0) is 17.7 Å². The van der Waals surface area contributed by atoms with Crippen LogP contribution in [0.1, 0.15) is 5.56 Å². The Kier molecular flexibility index (Phi) is 5.37. The van der Waals surface area contributed by atoms with Crippen LogP contribution >= 0.6 is 11.6 Å². The van der Waals surface area contributed by atoms with Gasteiger partial charge in [0.15, 0.2) is 0 Å². The van der Waals surface area contributed by atoms with Gasteiger partial charge in [0.2, 0.25) is 11.8 Å². The molecular formula is C12H10ClF2N5O2. The van der Waals surface area contributed by atoms with E-state index in [2.05, 4.69) is 30.3 Å². The first kappa shape index (κ1) is 15.8. The molecule has 0 spiro atoms. The molecule has 2 heterocycles. The third-order valence-corrected chi connectivity index (χ3v) is 2.52. The van der Waals surface area contributed by atoms with E-state index in [1.165, 1.54) is 24.5 Å². The fraction of sp³-hybridized carbons (Fsp3) is 0.167. The van der Waals surface area contributed by atoms with Gasteiger partial charge < -0.3 is 10.1 Å². The Morgan fingerprint density at radius 2 is 2.09 bits per heavy atom. The molecule has 2 aromatic heterocycles. The molecule has 0 atom stereocenters. The number of aromatic nitrogens is 3. The Balaban J connectivity index is 1.88. The van der Waals surface area contributed by atoms with Crippen LogP contribution in [0.2, 0.25) is 5.15 Å². The molecule has 0 fully saturated rings. The second kappa shape index (κ2) is 7.46. The summed E-state index contributed by atoms with van der Waals surface area (Å²) in [6, 6.07) is 3.73. The van der Waals surface area contributed by atoms with Gasteiger partial charge in [-0.1, -0.05) is 11.6 Å². The number of amides is 2. The lowest BCUT2D eigenvalue weighted by molar-refractivity contribution is -0.0528. The van der Waals surface area contributed by atoms with Crippen LogP contribution in [-0.4, -0.2) is 27.6 Å². The molecule has 0 radical (unpaired) electrons. The maximum atomic E-state index is 12.1. The standard InChI is InChI=1S/C12H10ClF2N5O2/c13-8-2-4-17-11(19-8)20-12(21)18-6-7-1-3-16-9(5-7)22-10(14)15/h1-5,10H,6H2,(H2,17,18,19,20,21). The van der Waals surface area contributed by atoms with Gasteiger partial charge in [0.05, 0.1) is 0 Å². The minimum Gasteiger partial charge on any atom is -0.417 e. The van der Waals surface area contributed by atoms with Crippen LogP contribution in [-0.2, 0) is 6.54 Å². The summed E-state index contributed by atoms with van der Waals surface area (Å²) in [7, 11) is 0. The lowest BCUT2D eigenvalue weighted by atomic mass is 10.2. The predicted octanol–water partition coefficient (Wildman–Crippen LogP) is 2.45.